The molecule has 5 heterocycles. The Balaban J connectivity index is 1.09. The Hall–Kier alpha value is -4.12. The molecule has 0 unspecified atom stereocenters. The Morgan fingerprint density at radius 3 is 2.81 bits per heavy atom. The van der Waals surface area contributed by atoms with Crippen LogP contribution in [0.5, 0.6) is 5.88 Å². The molecule has 0 amide bonds. The molecule has 0 spiro atoms. The predicted octanol–water partition coefficient (Wildman–Crippen LogP) is 5.97. The van der Waals surface area contributed by atoms with Crippen molar-refractivity contribution in [3.63, 3.8) is 0 Å². The van der Waals surface area contributed by atoms with Gasteiger partial charge in [0, 0.05) is 47.6 Å². The molecule has 43 heavy (non-hydrogen) atoms. The van der Waals surface area contributed by atoms with Gasteiger partial charge in [-0.3, -0.25) is 4.90 Å². The van der Waals surface area contributed by atoms with Gasteiger partial charge in [-0.2, -0.15) is 0 Å². The number of aromatic amines is 1. The topological polar surface area (TPSA) is 94.0 Å². The predicted molar refractivity (Wildman–Crippen MR) is 162 cm³/mol. The van der Waals surface area contributed by atoms with Gasteiger partial charge in [-0.15, -0.1) is 10.2 Å². The van der Waals surface area contributed by atoms with Crippen LogP contribution in [0.4, 0.5) is 4.39 Å². The summed E-state index contributed by atoms with van der Waals surface area (Å²) >= 11 is 5.89. The lowest BCUT2D eigenvalue weighted by Gasteiger charge is -2.29. The molecular formula is C32H31ClFN7O2. The third-order valence-corrected chi connectivity index (χ3v) is 8.27. The van der Waals surface area contributed by atoms with E-state index in [0.29, 0.717) is 23.0 Å². The summed E-state index contributed by atoms with van der Waals surface area (Å²) in [5.74, 6) is 2.64. The summed E-state index contributed by atoms with van der Waals surface area (Å²) in [7, 11) is 0. The van der Waals surface area contributed by atoms with E-state index in [9.17, 15) is 4.39 Å². The van der Waals surface area contributed by atoms with Crippen LogP contribution in [-0.4, -0.2) is 60.4 Å². The van der Waals surface area contributed by atoms with E-state index in [1.165, 1.54) is 11.6 Å². The first-order valence-corrected chi connectivity index (χ1v) is 14.8. The van der Waals surface area contributed by atoms with Gasteiger partial charge in [0.2, 0.25) is 5.88 Å². The van der Waals surface area contributed by atoms with Crippen molar-refractivity contribution < 1.29 is 13.9 Å². The van der Waals surface area contributed by atoms with E-state index in [-0.39, 0.29) is 12.7 Å². The maximum absolute atomic E-state index is 14.3. The number of hydrogen-bond donors (Lipinski definition) is 1. The molecule has 5 aromatic rings. The molecule has 7 rings (SSSR count). The summed E-state index contributed by atoms with van der Waals surface area (Å²) in [6.45, 7) is 5.91. The van der Waals surface area contributed by atoms with Gasteiger partial charge in [0.25, 0.3) is 0 Å². The highest BCUT2D eigenvalue weighted by Crippen LogP contribution is 2.31. The quantitative estimate of drug-likeness (QED) is 0.223. The Morgan fingerprint density at radius 1 is 1.16 bits per heavy atom. The molecule has 0 radical (unpaired) electrons. The maximum Gasteiger partial charge on any atom is 0.221 e. The maximum atomic E-state index is 14.3. The SMILES string of the molecule is Cc1nnc(-c2ccc3c(c2)nc(CN2CC=C(c4cccnc4OCc4ccc(Cl)cc4F)CC2)n3C[C@@H]2CCO2)[nH]1. The molecule has 1 fully saturated rings. The summed E-state index contributed by atoms with van der Waals surface area (Å²) in [5, 5.41) is 8.71. The number of halogens is 2. The van der Waals surface area contributed by atoms with Crippen molar-refractivity contribution in [1.29, 1.82) is 0 Å². The van der Waals surface area contributed by atoms with Gasteiger partial charge < -0.3 is 19.0 Å². The molecule has 2 aliphatic rings. The number of nitrogens with zero attached hydrogens (tertiary/aromatic N) is 6. The van der Waals surface area contributed by atoms with Gasteiger partial charge in [-0.1, -0.05) is 23.7 Å². The lowest BCUT2D eigenvalue weighted by atomic mass is 10.0. The highest BCUT2D eigenvalue weighted by Gasteiger charge is 2.24. The van der Waals surface area contributed by atoms with Gasteiger partial charge in [0.15, 0.2) is 5.82 Å². The minimum atomic E-state index is -0.392. The van der Waals surface area contributed by atoms with E-state index >= 15 is 0 Å². The third-order valence-electron chi connectivity index (χ3n) is 8.03. The van der Waals surface area contributed by atoms with E-state index in [1.807, 2.05) is 19.1 Å². The number of imidazole rings is 1. The van der Waals surface area contributed by atoms with Crippen LogP contribution in [0, 0.1) is 12.7 Å². The first-order chi connectivity index (χ1) is 21.0. The molecule has 9 nitrogen and oxygen atoms in total. The summed E-state index contributed by atoms with van der Waals surface area (Å²) in [6, 6.07) is 14.8. The first-order valence-electron chi connectivity index (χ1n) is 14.4. The largest absolute Gasteiger partial charge is 0.472 e. The second kappa shape index (κ2) is 11.9. The van der Waals surface area contributed by atoms with E-state index in [2.05, 4.69) is 53.9 Å². The fourth-order valence-corrected chi connectivity index (χ4v) is 5.75. The van der Waals surface area contributed by atoms with Crippen LogP contribution in [0.25, 0.3) is 28.0 Å². The van der Waals surface area contributed by atoms with Crippen molar-refractivity contribution >= 4 is 28.2 Å². The number of ether oxygens (including phenoxy) is 2. The molecule has 3 aromatic heterocycles. The van der Waals surface area contributed by atoms with Crippen LogP contribution in [0.3, 0.4) is 0 Å². The number of aromatic nitrogens is 6. The van der Waals surface area contributed by atoms with Crippen molar-refractivity contribution in [2.24, 2.45) is 0 Å². The molecule has 1 atom stereocenters. The lowest BCUT2D eigenvalue weighted by molar-refractivity contribution is -0.0591. The third kappa shape index (κ3) is 5.90. The van der Waals surface area contributed by atoms with Gasteiger partial charge >= 0.3 is 0 Å². The highest BCUT2D eigenvalue weighted by molar-refractivity contribution is 6.30. The second-order valence-corrected chi connectivity index (χ2v) is 11.4. The molecule has 0 aliphatic carbocycles. The fraction of sp³-hybridized carbons (Fsp3) is 0.312. The molecule has 1 saturated heterocycles. The normalized spacial score (nSPS) is 17.2. The summed E-state index contributed by atoms with van der Waals surface area (Å²) in [6.07, 6.45) is 6.02. The number of benzene rings is 2. The van der Waals surface area contributed by atoms with Crippen molar-refractivity contribution in [1.82, 2.24) is 34.6 Å². The molecule has 2 aromatic carbocycles. The number of hydrogen-bond acceptors (Lipinski definition) is 7. The minimum absolute atomic E-state index is 0.0745. The number of rotatable bonds is 9. The number of aryl methyl sites for hydroxylation is 1. The molecule has 0 saturated carbocycles. The van der Waals surface area contributed by atoms with E-state index in [1.54, 1.807) is 18.3 Å². The van der Waals surface area contributed by atoms with Crippen molar-refractivity contribution in [2.75, 3.05) is 19.7 Å². The van der Waals surface area contributed by atoms with Crippen LogP contribution in [0.15, 0.2) is 60.8 Å². The molecule has 11 heteroatoms. The van der Waals surface area contributed by atoms with Gasteiger partial charge in [0.1, 0.15) is 24.1 Å². The molecule has 1 N–H and O–H groups in total. The monoisotopic (exact) mass is 599 g/mol. The number of H-pyrrole nitrogens is 1. The van der Waals surface area contributed by atoms with Crippen molar-refractivity contribution in [3.8, 4) is 17.3 Å². The zero-order valence-corrected chi connectivity index (χ0v) is 24.5. The average Bonchev–Trinajstić information content (AvgIpc) is 3.57. The highest BCUT2D eigenvalue weighted by atomic mass is 35.5. The zero-order chi connectivity index (χ0) is 29.3. The molecule has 2 aliphatic heterocycles. The second-order valence-electron chi connectivity index (χ2n) is 11.0. The Bertz CT molecular complexity index is 1810. The van der Waals surface area contributed by atoms with Crippen molar-refractivity contribution in [2.45, 2.75) is 45.6 Å². The first kappa shape index (κ1) is 27.7. The van der Waals surface area contributed by atoms with Crippen LogP contribution < -0.4 is 4.74 Å². The van der Waals surface area contributed by atoms with Gasteiger partial charge in [0.05, 0.1) is 30.2 Å². The van der Waals surface area contributed by atoms with E-state index < -0.39 is 5.82 Å². The standard InChI is InChI=1S/C32H31ClFN7O2/c1-20-36-31(39-38-20)22-5-7-29-28(15-22)37-30(41(29)17-25-10-14-42-25)18-40-12-8-21(9-13-40)26-3-2-11-35-32(26)43-19-23-4-6-24(33)16-27(23)34/h2-8,11,15-16,25H,9-10,12-14,17-19H2,1H3,(H,36,38,39)/t25-/m0/s1. The smallest absolute Gasteiger partial charge is 0.221 e. The van der Waals surface area contributed by atoms with Crippen LogP contribution >= 0.6 is 11.6 Å². The molecule has 220 valence electrons. The van der Waals surface area contributed by atoms with Crippen LogP contribution in [0.1, 0.15) is 35.6 Å². The average molecular weight is 600 g/mol. The Labute approximate surface area is 253 Å². The zero-order valence-electron chi connectivity index (χ0n) is 23.8. The lowest BCUT2D eigenvalue weighted by Crippen LogP contribution is -2.33. The number of pyridine rings is 1. The molecular weight excluding hydrogens is 569 g/mol. The summed E-state index contributed by atoms with van der Waals surface area (Å²) in [4.78, 5) is 15.1. The number of fused-ring (bicyclic) bond motifs is 1. The fourth-order valence-electron chi connectivity index (χ4n) is 5.59. The Kier molecular flexibility index (Phi) is 7.65. The van der Waals surface area contributed by atoms with E-state index in [4.69, 9.17) is 26.1 Å². The minimum Gasteiger partial charge on any atom is -0.472 e. The van der Waals surface area contributed by atoms with Gasteiger partial charge in [-0.25, -0.2) is 14.4 Å². The summed E-state index contributed by atoms with van der Waals surface area (Å²) < 4.78 is 28.4. The van der Waals surface area contributed by atoms with E-state index in [0.717, 1.165) is 78.7 Å². The molecule has 0 bridgehead atoms. The van der Waals surface area contributed by atoms with Crippen molar-refractivity contribution in [3.05, 3.63) is 94.4 Å². The van der Waals surface area contributed by atoms with Crippen LogP contribution in [-0.2, 0) is 24.4 Å². The van der Waals surface area contributed by atoms with Crippen LogP contribution in [0.2, 0.25) is 5.02 Å². The van der Waals surface area contributed by atoms with Gasteiger partial charge in [-0.05, 0) is 67.8 Å². The Morgan fingerprint density at radius 2 is 2.07 bits per heavy atom. The number of nitrogens with one attached hydrogen (secondary N) is 1. The summed E-state index contributed by atoms with van der Waals surface area (Å²) in [5.41, 5.74) is 5.52.